The van der Waals surface area contributed by atoms with Crippen LogP contribution in [0.1, 0.15) is 71.1 Å². The van der Waals surface area contributed by atoms with Crippen molar-refractivity contribution in [3.05, 3.63) is 48.6 Å². The second kappa shape index (κ2) is 20.7. The monoisotopic (exact) mass is 377 g/mol. The van der Waals surface area contributed by atoms with Gasteiger partial charge in [0, 0.05) is 0 Å². The summed E-state index contributed by atoms with van der Waals surface area (Å²) in [6, 6.07) is -0.846. The summed E-state index contributed by atoms with van der Waals surface area (Å²) in [5.74, 6) is -1.00. The summed E-state index contributed by atoms with van der Waals surface area (Å²) in [7, 11) is 0. The molecule has 27 heavy (non-hydrogen) atoms. The Kier molecular flexibility index (Phi) is 19.4. The number of hydrogen-bond donors (Lipinski definition) is 3. The van der Waals surface area contributed by atoms with E-state index in [0.717, 1.165) is 38.5 Å². The highest BCUT2D eigenvalue weighted by molar-refractivity contribution is 5.73. The van der Waals surface area contributed by atoms with Crippen LogP contribution >= 0.6 is 0 Å². The highest BCUT2D eigenvalue weighted by Gasteiger charge is 2.13. The van der Waals surface area contributed by atoms with Gasteiger partial charge in [-0.15, -0.1) is 0 Å². The van der Waals surface area contributed by atoms with Crippen molar-refractivity contribution in [2.45, 2.75) is 77.2 Å². The summed E-state index contributed by atoms with van der Waals surface area (Å²) in [5.41, 5.74) is 0. The Morgan fingerprint density at radius 3 is 1.74 bits per heavy atom. The van der Waals surface area contributed by atoms with Crippen LogP contribution in [0.5, 0.6) is 0 Å². The fourth-order valence-corrected chi connectivity index (χ4v) is 2.45. The third kappa shape index (κ3) is 18.9. The zero-order valence-electron chi connectivity index (χ0n) is 17.0. The standard InChI is InChI=1S/C23H39NO3/c1-2-3-4-5-6-7-8-9-10-11-12-13-14-15-16-17-18-19-20-24-22(21-25)23(26)27/h6-7,9-10,12-13,15-16,22,24-25H,2-5,8,11,14,17-21H2,1H3,(H,26,27)/t22-/m0/s1. The molecule has 0 saturated carbocycles. The molecule has 0 amide bonds. The molecule has 0 fully saturated rings. The molecule has 0 heterocycles. The number of allylic oxidation sites excluding steroid dienone is 8. The van der Waals surface area contributed by atoms with Crippen LogP contribution in [0.25, 0.3) is 0 Å². The fraction of sp³-hybridized carbons (Fsp3) is 0.609. The minimum Gasteiger partial charge on any atom is -0.480 e. The molecule has 4 heteroatoms. The van der Waals surface area contributed by atoms with Crippen molar-refractivity contribution in [1.82, 2.24) is 5.32 Å². The number of aliphatic hydroxyl groups excluding tert-OH is 1. The molecule has 0 spiro atoms. The van der Waals surface area contributed by atoms with Crippen molar-refractivity contribution in [3.8, 4) is 0 Å². The number of aliphatic carboxylic acids is 1. The van der Waals surface area contributed by atoms with Crippen LogP contribution in [0, 0.1) is 0 Å². The summed E-state index contributed by atoms with van der Waals surface area (Å²) in [6.45, 7) is 2.48. The van der Waals surface area contributed by atoms with Crippen molar-refractivity contribution in [2.24, 2.45) is 0 Å². The van der Waals surface area contributed by atoms with E-state index in [-0.39, 0.29) is 6.61 Å². The Morgan fingerprint density at radius 1 is 0.815 bits per heavy atom. The molecule has 0 radical (unpaired) electrons. The van der Waals surface area contributed by atoms with Crippen LogP contribution in [-0.4, -0.2) is 35.4 Å². The quantitative estimate of drug-likeness (QED) is 0.228. The van der Waals surface area contributed by atoms with Crippen LogP contribution < -0.4 is 5.32 Å². The predicted molar refractivity (Wildman–Crippen MR) is 115 cm³/mol. The molecule has 0 aliphatic rings. The van der Waals surface area contributed by atoms with Gasteiger partial charge in [0.15, 0.2) is 0 Å². The molecule has 0 rings (SSSR count). The van der Waals surface area contributed by atoms with Gasteiger partial charge in [-0.3, -0.25) is 4.79 Å². The second-order valence-electron chi connectivity index (χ2n) is 6.61. The fourth-order valence-electron chi connectivity index (χ4n) is 2.45. The van der Waals surface area contributed by atoms with E-state index in [0.29, 0.717) is 6.54 Å². The van der Waals surface area contributed by atoms with Gasteiger partial charge in [-0.05, 0) is 57.9 Å². The number of aliphatic hydroxyl groups is 1. The number of carboxylic acids is 1. The normalized spacial score (nSPS) is 13.6. The lowest BCUT2D eigenvalue weighted by Crippen LogP contribution is -2.40. The average molecular weight is 378 g/mol. The minimum atomic E-state index is -1.00. The number of nitrogens with one attached hydrogen (secondary N) is 1. The van der Waals surface area contributed by atoms with Crippen LogP contribution in [-0.2, 0) is 4.79 Å². The van der Waals surface area contributed by atoms with Gasteiger partial charge in [-0.1, -0.05) is 68.4 Å². The van der Waals surface area contributed by atoms with Crippen LogP contribution in [0.15, 0.2) is 48.6 Å². The Bertz CT molecular complexity index is 453. The van der Waals surface area contributed by atoms with E-state index in [1.54, 1.807) is 0 Å². The first-order valence-corrected chi connectivity index (χ1v) is 10.4. The van der Waals surface area contributed by atoms with E-state index in [9.17, 15) is 4.79 Å². The maximum Gasteiger partial charge on any atom is 0.323 e. The molecule has 3 N–H and O–H groups in total. The zero-order valence-corrected chi connectivity index (χ0v) is 17.0. The molecule has 0 aromatic rings. The maximum atomic E-state index is 10.7. The first kappa shape index (κ1) is 25.4. The third-order valence-corrected chi connectivity index (χ3v) is 4.13. The summed E-state index contributed by atoms with van der Waals surface area (Å²) >= 11 is 0. The smallest absolute Gasteiger partial charge is 0.323 e. The molecular formula is C23H39NO3. The lowest BCUT2D eigenvalue weighted by atomic mass is 10.2. The Morgan fingerprint density at radius 2 is 1.30 bits per heavy atom. The third-order valence-electron chi connectivity index (χ3n) is 4.13. The molecule has 0 aromatic heterocycles. The van der Waals surface area contributed by atoms with Crippen molar-refractivity contribution in [3.63, 3.8) is 0 Å². The topological polar surface area (TPSA) is 69.6 Å². The van der Waals surface area contributed by atoms with Crippen LogP contribution in [0.2, 0.25) is 0 Å². The van der Waals surface area contributed by atoms with Crippen molar-refractivity contribution in [2.75, 3.05) is 13.2 Å². The van der Waals surface area contributed by atoms with Gasteiger partial charge in [0.05, 0.1) is 6.61 Å². The Hall–Kier alpha value is -1.65. The zero-order chi connectivity index (χ0) is 20.0. The highest BCUT2D eigenvalue weighted by atomic mass is 16.4. The second-order valence-corrected chi connectivity index (χ2v) is 6.61. The maximum absolute atomic E-state index is 10.7. The van der Waals surface area contributed by atoms with Gasteiger partial charge in [0.25, 0.3) is 0 Å². The number of carbonyl (C=O) groups is 1. The minimum absolute atomic E-state index is 0.369. The molecule has 0 unspecified atom stereocenters. The molecule has 0 aliphatic heterocycles. The van der Waals surface area contributed by atoms with Crippen molar-refractivity contribution in [1.29, 1.82) is 0 Å². The summed E-state index contributed by atoms with van der Waals surface area (Å²) in [5, 5.41) is 20.5. The molecule has 0 aliphatic carbocycles. The van der Waals surface area contributed by atoms with E-state index in [1.165, 1.54) is 25.7 Å². The number of carboxylic acid groups (broad SMARTS) is 1. The van der Waals surface area contributed by atoms with E-state index < -0.39 is 12.0 Å². The lowest BCUT2D eigenvalue weighted by Gasteiger charge is -2.10. The Labute approximate surface area is 165 Å². The average Bonchev–Trinajstić information content (AvgIpc) is 2.66. The summed E-state index contributed by atoms with van der Waals surface area (Å²) in [6.07, 6.45) is 28.7. The molecule has 154 valence electrons. The SMILES string of the molecule is CCCCCC=CCC=CCC=CCC=CCCCCN[C@@H](CO)C(=O)O. The van der Waals surface area contributed by atoms with Gasteiger partial charge in [0.1, 0.15) is 6.04 Å². The summed E-state index contributed by atoms with van der Waals surface area (Å²) < 4.78 is 0. The molecule has 0 saturated heterocycles. The number of unbranched alkanes of at least 4 members (excludes halogenated alkanes) is 5. The number of hydrogen-bond acceptors (Lipinski definition) is 3. The summed E-state index contributed by atoms with van der Waals surface area (Å²) in [4.78, 5) is 10.7. The van der Waals surface area contributed by atoms with Crippen molar-refractivity contribution < 1.29 is 15.0 Å². The first-order valence-electron chi connectivity index (χ1n) is 10.4. The lowest BCUT2D eigenvalue weighted by molar-refractivity contribution is -0.140. The van der Waals surface area contributed by atoms with Crippen LogP contribution in [0.3, 0.4) is 0 Å². The molecule has 0 aromatic carbocycles. The van der Waals surface area contributed by atoms with Crippen LogP contribution in [0.4, 0.5) is 0 Å². The van der Waals surface area contributed by atoms with Crippen molar-refractivity contribution >= 4 is 5.97 Å². The van der Waals surface area contributed by atoms with Gasteiger partial charge >= 0.3 is 5.97 Å². The van der Waals surface area contributed by atoms with Gasteiger partial charge in [-0.25, -0.2) is 0 Å². The van der Waals surface area contributed by atoms with E-state index in [2.05, 4.69) is 60.8 Å². The largest absolute Gasteiger partial charge is 0.480 e. The molecule has 0 bridgehead atoms. The Balaban J connectivity index is 3.47. The molecule has 1 atom stereocenters. The van der Waals surface area contributed by atoms with E-state index in [1.807, 2.05) is 0 Å². The predicted octanol–water partition coefficient (Wildman–Crippen LogP) is 5.17. The van der Waals surface area contributed by atoms with Gasteiger partial charge in [-0.2, -0.15) is 0 Å². The molecular weight excluding hydrogens is 338 g/mol. The molecule has 4 nitrogen and oxygen atoms in total. The first-order chi connectivity index (χ1) is 13.2. The van der Waals surface area contributed by atoms with E-state index in [4.69, 9.17) is 10.2 Å². The van der Waals surface area contributed by atoms with Gasteiger partial charge in [0.2, 0.25) is 0 Å². The highest BCUT2D eigenvalue weighted by Crippen LogP contribution is 2.01. The number of rotatable bonds is 18. The van der Waals surface area contributed by atoms with E-state index >= 15 is 0 Å². The van der Waals surface area contributed by atoms with Gasteiger partial charge < -0.3 is 15.5 Å².